The predicted molar refractivity (Wildman–Crippen MR) is 67.1 cm³/mol. The molecule has 1 rings (SSSR count). The Morgan fingerprint density at radius 3 is 2.65 bits per heavy atom. The molecule has 96 valence electrons. The average Bonchev–Trinajstić information content (AvgIpc) is 2.62. The van der Waals surface area contributed by atoms with Gasteiger partial charge in [-0.15, -0.1) is 5.10 Å². The summed E-state index contributed by atoms with van der Waals surface area (Å²) in [6.07, 6.45) is 0.115. The van der Waals surface area contributed by atoms with Crippen LogP contribution in [0, 0.1) is 12.3 Å². The van der Waals surface area contributed by atoms with Crippen molar-refractivity contribution in [3.63, 3.8) is 0 Å². The summed E-state index contributed by atoms with van der Waals surface area (Å²) >= 11 is 1.09. The SMILES string of the molecule is Cc1nnsc1C(=O)NCC[C@@H](O)C(C)(C)C. The molecule has 0 bridgehead atoms. The van der Waals surface area contributed by atoms with Crippen LogP contribution in [0.15, 0.2) is 0 Å². The van der Waals surface area contributed by atoms with Crippen LogP contribution in [0.25, 0.3) is 0 Å². The molecule has 0 aromatic carbocycles. The molecule has 0 aliphatic heterocycles. The van der Waals surface area contributed by atoms with Gasteiger partial charge in [0, 0.05) is 6.54 Å². The number of amides is 1. The van der Waals surface area contributed by atoms with Crippen molar-refractivity contribution in [2.24, 2.45) is 5.41 Å². The molecule has 0 aliphatic rings. The number of carbonyl (C=O) groups is 1. The molecule has 0 unspecified atom stereocenters. The number of nitrogens with one attached hydrogen (secondary N) is 1. The number of carbonyl (C=O) groups excluding carboxylic acids is 1. The highest BCUT2D eigenvalue weighted by molar-refractivity contribution is 7.07. The van der Waals surface area contributed by atoms with Gasteiger partial charge in [-0.25, -0.2) is 0 Å². The lowest BCUT2D eigenvalue weighted by atomic mass is 9.87. The Labute approximate surface area is 105 Å². The number of aromatic nitrogens is 2. The van der Waals surface area contributed by atoms with E-state index in [1.807, 2.05) is 20.8 Å². The van der Waals surface area contributed by atoms with Gasteiger partial charge in [0.2, 0.25) is 0 Å². The Balaban J connectivity index is 2.38. The number of aliphatic hydroxyl groups excluding tert-OH is 1. The number of rotatable bonds is 4. The first-order chi connectivity index (χ1) is 7.82. The van der Waals surface area contributed by atoms with Crippen molar-refractivity contribution in [2.45, 2.75) is 40.2 Å². The second kappa shape index (κ2) is 5.55. The van der Waals surface area contributed by atoms with Gasteiger partial charge in [-0.05, 0) is 30.3 Å². The molecule has 0 fully saturated rings. The van der Waals surface area contributed by atoms with Crippen LogP contribution in [0.1, 0.15) is 42.6 Å². The van der Waals surface area contributed by atoms with Crippen molar-refractivity contribution < 1.29 is 9.90 Å². The monoisotopic (exact) mass is 257 g/mol. The molecule has 1 heterocycles. The minimum Gasteiger partial charge on any atom is -0.393 e. The van der Waals surface area contributed by atoms with Gasteiger partial charge in [0.25, 0.3) is 5.91 Å². The summed E-state index contributed by atoms with van der Waals surface area (Å²) in [5.41, 5.74) is 0.482. The number of aryl methyl sites for hydroxylation is 1. The molecule has 17 heavy (non-hydrogen) atoms. The smallest absolute Gasteiger partial charge is 0.264 e. The maximum absolute atomic E-state index is 11.7. The van der Waals surface area contributed by atoms with Crippen molar-refractivity contribution in [1.82, 2.24) is 14.9 Å². The Morgan fingerprint density at radius 1 is 1.53 bits per heavy atom. The standard InChI is InChI=1S/C11H19N3O2S/c1-7-9(17-14-13-7)10(16)12-6-5-8(15)11(2,3)4/h8,15H,5-6H2,1-4H3,(H,12,16)/t8-/m1/s1. The van der Waals surface area contributed by atoms with Crippen LogP contribution in [-0.2, 0) is 0 Å². The molecule has 0 aliphatic carbocycles. The Hall–Kier alpha value is -1.01. The highest BCUT2D eigenvalue weighted by Crippen LogP contribution is 2.21. The molecule has 5 nitrogen and oxygen atoms in total. The third-order valence-corrected chi connectivity index (χ3v) is 3.39. The summed E-state index contributed by atoms with van der Waals surface area (Å²) < 4.78 is 3.71. The molecule has 0 radical (unpaired) electrons. The summed E-state index contributed by atoms with van der Waals surface area (Å²) in [5, 5.41) is 16.3. The first-order valence-corrected chi connectivity index (χ1v) is 6.35. The Bertz CT molecular complexity index is 384. The molecule has 1 aromatic heterocycles. The predicted octanol–water partition coefficient (Wildman–Crippen LogP) is 1.37. The van der Waals surface area contributed by atoms with E-state index in [4.69, 9.17) is 0 Å². The van der Waals surface area contributed by atoms with E-state index in [0.29, 0.717) is 23.5 Å². The van der Waals surface area contributed by atoms with Gasteiger partial charge in [-0.1, -0.05) is 25.3 Å². The first kappa shape index (κ1) is 14.1. The number of hydrogen-bond acceptors (Lipinski definition) is 5. The fraction of sp³-hybridized carbons (Fsp3) is 0.727. The zero-order valence-corrected chi connectivity index (χ0v) is 11.5. The topological polar surface area (TPSA) is 75.1 Å². The van der Waals surface area contributed by atoms with Crippen molar-refractivity contribution in [2.75, 3.05) is 6.54 Å². The first-order valence-electron chi connectivity index (χ1n) is 5.57. The van der Waals surface area contributed by atoms with Crippen molar-refractivity contribution in [3.05, 3.63) is 10.6 Å². The molecule has 1 amide bonds. The van der Waals surface area contributed by atoms with Crippen LogP contribution in [0.5, 0.6) is 0 Å². The van der Waals surface area contributed by atoms with Gasteiger partial charge in [-0.3, -0.25) is 4.79 Å². The lowest BCUT2D eigenvalue weighted by Crippen LogP contribution is -2.32. The van der Waals surface area contributed by atoms with Gasteiger partial charge < -0.3 is 10.4 Å². The lowest BCUT2D eigenvalue weighted by Gasteiger charge is -2.25. The van der Waals surface area contributed by atoms with Gasteiger partial charge in [0.1, 0.15) is 4.88 Å². The van der Waals surface area contributed by atoms with Crippen molar-refractivity contribution >= 4 is 17.4 Å². The molecule has 2 N–H and O–H groups in total. The van der Waals surface area contributed by atoms with Gasteiger partial charge in [-0.2, -0.15) is 0 Å². The maximum atomic E-state index is 11.7. The third kappa shape index (κ3) is 4.05. The highest BCUT2D eigenvalue weighted by atomic mass is 32.1. The molecule has 0 spiro atoms. The zero-order chi connectivity index (χ0) is 13.1. The Kier molecular flexibility index (Phi) is 4.59. The van der Waals surface area contributed by atoms with E-state index in [2.05, 4.69) is 14.9 Å². The van der Waals surface area contributed by atoms with E-state index in [9.17, 15) is 9.90 Å². The molecule has 1 aromatic rings. The van der Waals surface area contributed by atoms with Crippen LogP contribution < -0.4 is 5.32 Å². The summed E-state index contributed by atoms with van der Waals surface area (Å²) in [6, 6.07) is 0. The summed E-state index contributed by atoms with van der Waals surface area (Å²) in [4.78, 5) is 12.2. The average molecular weight is 257 g/mol. The summed E-state index contributed by atoms with van der Waals surface area (Å²) in [5.74, 6) is -0.168. The molecule has 1 atom stereocenters. The quantitative estimate of drug-likeness (QED) is 0.854. The fourth-order valence-electron chi connectivity index (χ4n) is 1.28. The largest absolute Gasteiger partial charge is 0.393 e. The zero-order valence-electron chi connectivity index (χ0n) is 10.6. The van der Waals surface area contributed by atoms with E-state index in [-0.39, 0.29) is 11.3 Å². The van der Waals surface area contributed by atoms with Crippen molar-refractivity contribution in [3.8, 4) is 0 Å². The molecule has 0 saturated heterocycles. The van der Waals surface area contributed by atoms with E-state index in [0.717, 1.165) is 11.5 Å². The van der Waals surface area contributed by atoms with Crippen LogP contribution >= 0.6 is 11.5 Å². The van der Waals surface area contributed by atoms with Crippen LogP contribution in [-0.4, -0.2) is 33.2 Å². The number of aliphatic hydroxyl groups is 1. The molecular weight excluding hydrogens is 238 g/mol. The van der Waals surface area contributed by atoms with E-state index < -0.39 is 6.10 Å². The minimum absolute atomic E-state index is 0.160. The Morgan fingerprint density at radius 2 is 2.18 bits per heavy atom. The highest BCUT2D eigenvalue weighted by Gasteiger charge is 2.22. The molecule has 0 saturated carbocycles. The number of hydrogen-bond donors (Lipinski definition) is 2. The second-order valence-electron chi connectivity index (χ2n) is 5.11. The molecule has 6 heteroatoms. The van der Waals surface area contributed by atoms with Gasteiger partial charge >= 0.3 is 0 Å². The van der Waals surface area contributed by atoms with Crippen LogP contribution in [0.3, 0.4) is 0 Å². The van der Waals surface area contributed by atoms with Crippen LogP contribution in [0.4, 0.5) is 0 Å². The number of nitrogens with zero attached hydrogens (tertiary/aromatic N) is 2. The fourth-order valence-corrected chi connectivity index (χ4v) is 1.85. The van der Waals surface area contributed by atoms with Crippen LogP contribution in [0.2, 0.25) is 0 Å². The summed E-state index contributed by atoms with van der Waals surface area (Å²) in [6.45, 7) is 8.11. The summed E-state index contributed by atoms with van der Waals surface area (Å²) in [7, 11) is 0. The third-order valence-electron chi connectivity index (χ3n) is 2.56. The molecular formula is C11H19N3O2S. The van der Waals surface area contributed by atoms with Gasteiger partial charge in [0.05, 0.1) is 11.8 Å². The normalized spacial score (nSPS) is 13.5. The van der Waals surface area contributed by atoms with Crippen molar-refractivity contribution in [1.29, 1.82) is 0 Å². The lowest BCUT2D eigenvalue weighted by molar-refractivity contribution is 0.0551. The van der Waals surface area contributed by atoms with Gasteiger partial charge in [0.15, 0.2) is 0 Å². The van der Waals surface area contributed by atoms with E-state index in [1.54, 1.807) is 6.92 Å². The maximum Gasteiger partial charge on any atom is 0.264 e. The van der Waals surface area contributed by atoms with E-state index >= 15 is 0 Å². The van der Waals surface area contributed by atoms with E-state index in [1.165, 1.54) is 0 Å². The minimum atomic E-state index is -0.427. The second-order valence-corrected chi connectivity index (χ2v) is 5.87.